The predicted molar refractivity (Wildman–Crippen MR) is 82.4 cm³/mol. The van der Waals surface area contributed by atoms with Crippen LogP contribution in [0.4, 0.5) is 4.39 Å². The zero-order valence-corrected chi connectivity index (χ0v) is 12.4. The summed E-state index contributed by atoms with van der Waals surface area (Å²) in [5.74, 6) is 0.556. The SMILES string of the molecule is NCC1(Cc2c(F)cccc2Cl)CCOc2ccccc21. The van der Waals surface area contributed by atoms with Crippen molar-refractivity contribution in [3.05, 3.63) is 64.4 Å². The number of ether oxygens (including phenoxy) is 1. The molecule has 2 aromatic carbocycles. The Balaban J connectivity index is 2.07. The molecule has 2 nitrogen and oxygen atoms in total. The quantitative estimate of drug-likeness (QED) is 0.938. The van der Waals surface area contributed by atoms with Crippen LogP contribution in [0.25, 0.3) is 0 Å². The Hall–Kier alpha value is -1.58. The fraction of sp³-hybridized carbons (Fsp3) is 0.294. The number of nitrogens with two attached hydrogens (primary N) is 1. The van der Waals surface area contributed by atoms with Crippen molar-refractivity contribution >= 4 is 11.6 Å². The molecule has 3 rings (SSSR count). The first-order valence-corrected chi connectivity index (χ1v) is 7.39. The van der Waals surface area contributed by atoms with Gasteiger partial charge in [-0.25, -0.2) is 4.39 Å². The van der Waals surface area contributed by atoms with E-state index in [-0.39, 0.29) is 11.2 Å². The van der Waals surface area contributed by atoms with Crippen molar-refractivity contribution in [3.63, 3.8) is 0 Å². The van der Waals surface area contributed by atoms with Gasteiger partial charge in [0.1, 0.15) is 11.6 Å². The molecule has 0 radical (unpaired) electrons. The third kappa shape index (κ3) is 2.52. The van der Waals surface area contributed by atoms with E-state index in [9.17, 15) is 4.39 Å². The maximum atomic E-state index is 14.1. The number of fused-ring (bicyclic) bond motifs is 1. The third-order valence-electron chi connectivity index (χ3n) is 4.26. The van der Waals surface area contributed by atoms with Gasteiger partial charge in [0.05, 0.1) is 6.61 Å². The Labute approximate surface area is 128 Å². The normalized spacial score (nSPS) is 20.7. The average molecular weight is 306 g/mol. The maximum Gasteiger partial charge on any atom is 0.127 e. The molecule has 21 heavy (non-hydrogen) atoms. The molecule has 1 aliphatic heterocycles. The van der Waals surface area contributed by atoms with Gasteiger partial charge in [-0.3, -0.25) is 0 Å². The van der Waals surface area contributed by atoms with Crippen molar-refractivity contribution in [1.29, 1.82) is 0 Å². The summed E-state index contributed by atoms with van der Waals surface area (Å²) < 4.78 is 19.8. The predicted octanol–water partition coefficient (Wildman–Crippen LogP) is 3.70. The Bertz CT molecular complexity index is 641. The lowest BCUT2D eigenvalue weighted by molar-refractivity contribution is 0.214. The summed E-state index contributed by atoms with van der Waals surface area (Å²) in [6.07, 6.45) is 1.24. The van der Waals surface area contributed by atoms with Crippen molar-refractivity contribution in [3.8, 4) is 5.75 Å². The third-order valence-corrected chi connectivity index (χ3v) is 4.62. The molecule has 110 valence electrons. The van der Waals surface area contributed by atoms with Gasteiger partial charge in [0, 0.05) is 28.1 Å². The standard InChI is InChI=1S/C17H17ClFNO/c18-14-5-3-6-15(19)12(14)10-17(11-20)8-9-21-16-7-2-1-4-13(16)17/h1-7H,8-11,20H2. The fourth-order valence-corrected chi connectivity index (χ4v) is 3.26. The molecule has 0 saturated heterocycles. The maximum absolute atomic E-state index is 14.1. The van der Waals surface area contributed by atoms with Gasteiger partial charge in [-0.15, -0.1) is 0 Å². The summed E-state index contributed by atoms with van der Waals surface area (Å²) in [6.45, 7) is 1.01. The number of hydrogen-bond donors (Lipinski definition) is 1. The second-order valence-corrected chi connectivity index (χ2v) is 5.86. The smallest absolute Gasteiger partial charge is 0.127 e. The number of hydrogen-bond acceptors (Lipinski definition) is 2. The highest BCUT2D eigenvalue weighted by Crippen LogP contribution is 2.41. The van der Waals surface area contributed by atoms with Gasteiger partial charge in [-0.1, -0.05) is 35.9 Å². The van der Waals surface area contributed by atoms with Gasteiger partial charge < -0.3 is 10.5 Å². The van der Waals surface area contributed by atoms with Crippen LogP contribution in [0.1, 0.15) is 17.5 Å². The van der Waals surface area contributed by atoms with E-state index in [1.54, 1.807) is 12.1 Å². The molecule has 1 unspecified atom stereocenters. The molecule has 2 N–H and O–H groups in total. The van der Waals surface area contributed by atoms with E-state index in [0.29, 0.717) is 30.2 Å². The van der Waals surface area contributed by atoms with E-state index in [1.165, 1.54) is 6.07 Å². The molecule has 0 spiro atoms. The van der Waals surface area contributed by atoms with Gasteiger partial charge in [-0.2, -0.15) is 0 Å². The molecule has 1 atom stereocenters. The summed E-state index contributed by atoms with van der Waals surface area (Å²) in [7, 11) is 0. The first-order chi connectivity index (χ1) is 10.2. The highest BCUT2D eigenvalue weighted by Gasteiger charge is 2.37. The van der Waals surface area contributed by atoms with Gasteiger partial charge in [-0.05, 0) is 31.0 Å². The summed E-state index contributed by atoms with van der Waals surface area (Å²) in [6, 6.07) is 12.6. The van der Waals surface area contributed by atoms with E-state index in [2.05, 4.69) is 0 Å². The van der Waals surface area contributed by atoms with Gasteiger partial charge in [0.25, 0.3) is 0 Å². The molecule has 0 aromatic heterocycles. The van der Waals surface area contributed by atoms with E-state index >= 15 is 0 Å². The molecule has 0 saturated carbocycles. The Morgan fingerprint density at radius 2 is 2.00 bits per heavy atom. The highest BCUT2D eigenvalue weighted by molar-refractivity contribution is 6.31. The Morgan fingerprint density at radius 3 is 2.76 bits per heavy atom. The van der Waals surface area contributed by atoms with E-state index < -0.39 is 0 Å². The van der Waals surface area contributed by atoms with Gasteiger partial charge >= 0.3 is 0 Å². The summed E-state index contributed by atoms with van der Waals surface area (Å²) in [5.41, 5.74) is 7.32. The number of para-hydroxylation sites is 1. The average Bonchev–Trinajstić information content (AvgIpc) is 2.51. The van der Waals surface area contributed by atoms with Crippen molar-refractivity contribution in [2.45, 2.75) is 18.3 Å². The van der Waals surface area contributed by atoms with E-state index in [0.717, 1.165) is 17.7 Å². The molecular formula is C17H17ClFNO. The van der Waals surface area contributed by atoms with Crippen LogP contribution in [-0.4, -0.2) is 13.2 Å². The summed E-state index contributed by atoms with van der Waals surface area (Å²) in [4.78, 5) is 0. The van der Waals surface area contributed by atoms with Crippen molar-refractivity contribution in [1.82, 2.24) is 0 Å². The van der Waals surface area contributed by atoms with Crippen LogP contribution in [-0.2, 0) is 11.8 Å². The zero-order valence-electron chi connectivity index (χ0n) is 11.6. The van der Waals surface area contributed by atoms with Gasteiger partial charge in [0.2, 0.25) is 0 Å². The molecule has 0 fully saturated rings. The van der Waals surface area contributed by atoms with Crippen LogP contribution in [0, 0.1) is 5.82 Å². The second kappa shape index (κ2) is 5.66. The van der Waals surface area contributed by atoms with Crippen LogP contribution in [0.2, 0.25) is 5.02 Å². The zero-order chi connectivity index (χ0) is 14.9. The number of halogens is 2. The lowest BCUT2D eigenvalue weighted by Gasteiger charge is -2.38. The number of rotatable bonds is 3. The lowest BCUT2D eigenvalue weighted by Crippen LogP contribution is -2.42. The van der Waals surface area contributed by atoms with Crippen LogP contribution in [0.3, 0.4) is 0 Å². The minimum absolute atomic E-state index is 0.278. The van der Waals surface area contributed by atoms with Crippen molar-refractivity contribution in [2.24, 2.45) is 5.73 Å². The minimum atomic E-state index is -0.333. The van der Waals surface area contributed by atoms with Crippen LogP contribution in [0.5, 0.6) is 5.75 Å². The topological polar surface area (TPSA) is 35.2 Å². The molecule has 1 aliphatic rings. The Morgan fingerprint density at radius 1 is 1.19 bits per heavy atom. The minimum Gasteiger partial charge on any atom is -0.493 e. The fourth-order valence-electron chi connectivity index (χ4n) is 3.03. The largest absolute Gasteiger partial charge is 0.493 e. The molecule has 4 heteroatoms. The molecule has 0 aliphatic carbocycles. The summed E-state index contributed by atoms with van der Waals surface area (Å²) >= 11 is 6.18. The molecule has 0 bridgehead atoms. The molecule has 2 aromatic rings. The van der Waals surface area contributed by atoms with E-state index in [4.69, 9.17) is 22.1 Å². The molecule has 0 amide bonds. The van der Waals surface area contributed by atoms with E-state index in [1.807, 2.05) is 24.3 Å². The van der Waals surface area contributed by atoms with Gasteiger partial charge in [0.15, 0.2) is 0 Å². The first kappa shape index (κ1) is 14.4. The second-order valence-electron chi connectivity index (χ2n) is 5.46. The Kier molecular flexibility index (Phi) is 3.87. The first-order valence-electron chi connectivity index (χ1n) is 7.01. The van der Waals surface area contributed by atoms with Crippen molar-refractivity contribution < 1.29 is 9.13 Å². The monoisotopic (exact) mass is 305 g/mol. The molecule has 1 heterocycles. The van der Waals surface area contributed by atoms with Crippen LogP contribution < -0.4 is 10.5 Å². The molecular weight excluding hydrogens is 289 g/mol. The highest BCUT2D eigenvalue weighted by atomic mass is 35.5. The van der Waals surface area contributed by atoms with Crippen LogP contribution >= 0.6 is 11.6 Å². The van der Waals surface area contributed by atoms with Crippen molar-refractivity contribution in [2.75, 3.05) is 13.2 Å². The summed E-state index contributed by atoms with van der Waals surface area (Å²) in [5, 5.41) is 0.451. The lowest BCUT2D eigenvalue weighted by atomic mass is 9.71. The van der Waals surface area contributed by atoms with Crippen LogP contribution in [0.15, 0.2) is 42.5 Å². The number of benzene rings is 2.